The summed E-state index contributed by atoms with van der Waals surface area (Å²) in [7, 11) is 0. The maximum absolute atomic E-state index is 10.9. The van der Waals surface area contributed by atoms with Gasteiger partial charge in [0, 0.05) is 11.4 Å². The van der Waals surface area contributed by atoms with Crippen molar-refractivity contribution in [2.75, 3.05) is 19.4 Å². The van der Waals surface area contributed by atoms with E-state index in [9.17, 15) is 4.79 Å². The first-order valence-electron chi connectivity index (χ1n) is 6.40. The van der Waals surface area contributed by atoms with Crippen LogP contribution in [0.25, 0.3) is 0 Å². The fourth-order valence-electron chi connectivity index (χ4n) is 1.68. The number of ether oxygens (including phenoxy) is 1. The highest BCUT2D eigenvalue weighted by molar-refractivity contribution is 7.98. The molecule has 0 spiro atoms. The molecule has 1 aromatic rings. The van der Waals surface area contributed by atoms with E-state index in [2.05, 4.69) is 5.32 Å². The van der Waals surface area contributed by atoms with Gasteiger partial charge in [0.05, 0.1) is 0 Å². The molecule has 0 radical (unpaired) electrons. The Bertz CT molecular complexity index is 387. The zero-order valence-corrected chi connectivity index (χ0v) is 13.4. The van der Waals surface area contributed by atoms with Crippen LogP contribution in [0.5, 0.6) is 5.75 Å². The summed E-state index contributed by atoms with van der Waals surface area (Å²) in [6.07, 6.45) is 3.51. The predicted molar refractivity (Wildman–Crippen MR) is 85.3 cm³/mol. The minimum Gasteiger partial charge on any atom is -0.492 e. The Morgan fingerprint density at radius 2 is 2.05 bits per heavy atom. The monoisotopic (exact) mass is 319 g/mol. The summed E-state index contributed by atoms with van der Waals surface area (Å²) in [4.78, 5) is 12.1. The third kappa shape index (κ3) is 7.03. The van der Waals surface area contributed by atoms with Crippen molar-refractivity contribution in [2.45, 2.75) is 30.7 Å². The summed E-state index contributed by atoms with van der Waals surface area (Å²) in [6, 6.07) is 7.38. The Morgan fingerprint density at radius 1 is 1.40 bits per heavy atom. The number of rotatable bonds is 9. The first-order valence-corrected chi connectivity index (χ1v) is 7.63. The first kappa shape index (κ1) is 19.1. The molecule has 0 aliphatic rings. The number of carboxylic acids is 1. The van der Waals surface area contributed by atoms with Gasteiger partial charge in [0.2, 0.25) is 0 Å². The summed E-state index contributed by atoms with van der Waals surface area (Å²) >= 11 is 1.69. The molecule has 6 heteroatoms. The van der Waals surface area contributed by atoms with Crippen molar-refractivity contribution >= 4 is 30.1 Å². The van der Waals surface area contributed by atoms with Gasteiger partial charge in [-0.25, -0.2) is 0 Å². The van der Waals surface area contributed by atoms with Gasteiger partial charge in [-0.15, -0.1) is 24.2 Å². The molecule has 0 fully saturated rings. The van der Waals surface area contributed by atoms with Gasteiger partial charge < -0.3 is 15.2 Å². The number of benzene rings is 1. The Labute approximate surface area is 130 Å². The first-order chi connectivity index (χ1) is 9.17. The minimum absolute atomic E-state index is 0. The molecule has 0 aliphatic heterocycles. The van der Waals surface area contributed by atoms with E-state index in [1.54, 1.807) is 11.8 Å². The van der Waals surface area contributed by atoms with Crippen molar-refractivity contribution in [3.05, 3.63) is 24.3 Å². The molecule has 1 atom stereocenters. The summed E-state index contributed by atoms with van der Waals surface area (Å²) in [5, 5.41) is 12.0. The summed E-state index contributed by atoms with van der Waals surface area (Å²) < 4.78 is 5.55. The Morgan fingerprint density at radius 3 is 2.55 bits per heavy atom. The van der Waals surface area contributed by atoms with Gasteiger partial charge in [-0.2, -0.15) is 0 Å². The van der Waals surface area contributed by atoms with Crippen LogP contribution in [0.15, 0.2) is 29.2 Å². The average molecular weight is 320 g/mol. The molecule has 20 heavy (non-hydrogen) atoms. The number of nitrogens with one attached hydrogen (secondary N) is 1. The van der Waals surface area contributed by atoms with E-state index in [1.807, 2.05) is 37.4 Å². The van der Waals surface area contributed by atoms with Crippen LogP contribution in [0.3, 0.4) is 0 Å². The second kappa shape index (κ2) is 10.8. The Balaban J connectivity index is 0.00000361. The number of hydrogen-bond donors (Lipinski definition) is 2. The lowest BCUT2D eigenvalue weighted by atomic mass is 10.2. The van der Waals surface area contributed by atoms with Gasteiger partial charge >= 0.3 is 5.97 Å². The zero-order chi connectivity index (χ0) is 14.1. The van der Waals surface area contributed by atoms with Crippen LogP contribution in [0, 0.1) is 0 Å². The zero-order valence-electron chi connectivity index (χ0n) is 11.8. The van der Waals surface area contributed by atoms with E-state index in [-0.39, 0.29) is 12.4 Å². The van der Waals surface area contributed by atoms with Crippen LogP contribution < -0.4 is 10.1 Å². The highest BCUT2D eigenvalue weighted by atomic mass is 35.5. The third-order valence-corrected chi connectivity index (χ3v) is 3.44. The van der Waals surface area contributed by atoms with E-state index in [0.29, 0.717) is 19.6 Å². The van der Waals surface area contributed by atoms with Gasteiger partial charge in [-0.1, -0.05) is 13.3 Å². The molecule has 0 saturated heterocycles. The van der Waals surface area contributed by atoms with E-state index in [0.717, 1.165) is 12.2 Å². The van der Waals surface area contributed by atoms with Crippen molar-refractivity contribution in [3.8, 4) is 5.75 Å². The van der Waals surface area contributed by atoms with Crippen LogP contribution in [0.4, 0.5) is 0 Å². The van der Waals surface area contributed by atoms with Crippen molar-refractivity contribution in [1.82, 2.24) is 5.32 Å². The Kier molecular flexibility index (Phi) is 10.3. The normalized spacial score (nSPS) is 11.5. The minimum atomic E-state index is -0.800. The highest BCUT2D eigenvalue weighted by Crippen LogP contribution is 2.18. The second-order valence-electron chi connectivity index (χ2n) is 4.16. The maximum Gasteiger partial charge on any atom is 0.320 e. The molecule has 0 aliphatic carbocycles. The number of carbonyl (C=O) groups is 1. The van der Waals surface area contributed by atoms with E-state index >= 15 is 0 Å². The van der Waals surface area contributed by atoms with Crippen molar-refractivity contribution in [1.29, 1.82) is 0 Å². The largest absolute Gasteiger partial charge is 0.492 e. The summed E-state index contributed by atoms with van der Waals surface area (Å²) in [5.41, 5.74) is 0. The van der Waals surface area contributed by atoms with Crippen LogP contribution in [-0.4, -0.2) is 36.5 Å². The smallest absolute Gasteiger partial charge is 0.320 e. The number of carboxylic acid groups (broad SMARTS) is 1. The predicted octanol–water partition coefficient (Wildman–Crippen LogP) is 3.05. The van der Waals surface area contributed by atoms with Gasteiger partial charge in [-0.05, 0) is 36.9 Å². The maximum atomic E-state index is 10.9. The summed E-state index contributed by atoms with van der Waals surface area (Å²) in [5.74, 6) is 0.00754. The molecule has 1 aromatic carbocycles. The third-order valence-electron chi connectivity index (χ3n) is 2.70. The number of hydrogen-bond acceptors (Lipinski definition) is 4. The fraction of sp³-hybridized carbons (Fsp3) is 0.500. The molecule has 4 nitrogen and oxygen atoms in total. The lowest BCUT2D eigenvalue weighted by molar-refractivity contribution is -0.139. The van der Waals surface area contributed by atoms with Gasteiger partial charge in [-0.3, -0.25) is 4.79 Å². The van der Waals surface area contributed by atoms with Crippen molar-refractivity contribution < 1.29 is 14.6 Å². The van der Waals surface area contributed by atoms with E-state index < -0.39 is 12.0 Å². The number of thioether (sulfide) groups is 1. The second-order valence-corrected chi connectivity index (χ2v) is 5.04. The lowest BCUT2D eigenvalue weighted by Crippen LogP contribution is -2.38. The molecule has 0 saturated carbocycles. The quantitative estimate of drug-likeness (QED) is 0.541. The standard InChI is InChI=1S/C14H21NO3S.ClH/c1-3-4-13(14(16)17)15-9-10-18-11-5-7-12(19-2)8-6-11;/h5-8,13,15H,3-4,9-10H2,1-2H3,(H,16,17);1H. The van der Waals surface area contributed by atoms with Crippen LogP contribution in [-0.2, 0) is 4.79 Å². The molecule has 2 N–H and O–H groups in total. The SMILES string of the molecule is CCCC(NCCOc1ccc(SC)cc1)C(=O)O.Cl. The van der Waals surface area contributed by atoms with Crippen molar-refractivity contribution in [2.24, 2.45) is 0 Å². The molecule has 0 aromatic heterocycles. The molecule has 1 rings (SSSR count). The van der Waals surface area contributed by atoms with Crippen molar-refractivity contribution in [3.63, 3.8) is 0 Å². The van der Waals surface area contributed by atoms with Crippen LogP contribution >= 0.6 is 24.2 Å². The summed E-state index contributed by atoms with van der Waals surface area (Å²) in [6.45, 7) is 2.97. The van der Waals surface area contributed by atoms with E-state index in [1.165, 1.54) is 4.90 Å². The lowest BCUT2D eigenvalue weighted by Gasteiger charge is -2.13. The Hall–Kier alpha value is -0.910. The molecule has 0 bridgehead atoms. The van der Waals surface area contributed by atoms with Gasteiger partial charge in [0.1, 0.15) is 18.4 Å². The average Bonchev–Trinajstić information content (AvgIpc) is 2.42. The number of aliphatic carboxylic acids is 1. The molecule has 0 heterocycles. The van der Waals surface area contributed by atoms with Gasteiger partial charge in [0.15, 0.2) is 0 Å². The van der Waals surface area contributed by atoms with Gasteiger partial charge in [0.25, 0.3) is 0 Å². The topological polar surface area (TPSA) is 58.6 Å². The molecule has 114 valence electrons. The molecule has 1 unspecified atom stereocenters. The van der Waals surface area contributed by atoms with Crippen LogP contribution in [0.1, 0.15) is 19.8 Å². The van der Waals surface area contributed by atoms with Crippen LogP contribution in [0.2, 0.25) is 0 Å². The molecular formula is C14H22ClNO3S. The molecular weight excluding hydrogens is 298 g/mol. The highest BCUT2D eigenvalue weighted by Gasteiger charge is 2.14. The fourth-order valence-corrected chi connectivity index (χ4v) is 2.08. The molecule has 0 amide bonds. The number of halogens is 1. The van der Waals surface area contributed by atoms with E-state index in [4.69, 9.17) is 9.84 Å².